The van der Waals surface area contributed by atoms with Gasteiger partial charge in [0.2, 0.25) is 0 Å². The molecule has 0 saturated heterocycles. The Balaban J connectivity index is 1.96. The third-order valence-electron chi connectivity index (χ3n) is 1.86. The molecule has 1 nitrogen and oxygen atoms in total. The second-order valence-corrected chi connectivity index (χ2v) is 6.14. The van der Waals surface area contributed by atoms with E-state index in [1.807, 2.05) is 0 Å². The van der Waals surface area contributed by atoms with E-state index >= 15 is 0 Å². The van der Waals surface area contributed by atoms with Gasteiger partial charge in [0.15, 0.2) is 0 Å². The molecule has 0 aliphatic heterocycles. The summed E-state index contributed by atoms with van der Waals surface area (Å²) in [5, 5.41) is 0. The van der Waals surface area contributed by atoms with Crippen LogP contribution in [0, 0.1) is 5.92 Å². The van der Waals surface area contributed by atoms with Crippen molar-refractivity contribution in [2.75, 3.05) is 4.43 Å². The average molecular weight is 266 g/mol. The molecule has 0 bridgehead atoms. The zero-order chi connectivity index (χ0) is 8.10. The van der Waals surface area contributed by atoms with Crippen LogP contribution in [0.1, 0.15) is 32.6 Å². The molecule has 0 unspecified atom stereocenters. The molecular formula is C9H17IN-. The molecule has 0 amide bonds. The summed E-state index contributed by atoms with van der Waals surface area (Å²) in [4.78, 5) is 0. The summed E-state index contributed by atoms with van der Waals surface area (Å²) in [7, 11) is 0. The van der Waals surface area contributed by atoms with Crippen LogP contribution in [0.3, 0.4) is 0 Å². The predicted molar refractivity (Wildman–Crippen MR) is 44.8 cm³/mol. The van der Waals surface area contributed by atoms with E-state index in [4.69, 9.17) is 5.73 Å². The van der Waals surface area contributed by atoms with Crippen LogP contribution in [0.4, 0.5) is 0 Å². The number of nitrogens with two attached hydrogens (primary N) is 1. The third-order valence-corrected chi connectivity index (χ3v) is 4.35. The fourth-order valence-electron chi connectivity index (χ4n) is 0.974. The van der Waals surface area contributed by atoms with Gasteiger partial charge >= 0.3 is 79.7 Å². The van der Waals surface area contributed by atoms with Gasteiger partial charge in [0.25, 0.3) is 0 Å². The van der Waals surface area contributed by atoms with Crippen molar-refractivity contribution >= 4 is 0 Å². The van der Waals surface area contributed by atoms with E-state index < -0.39 is 0 Å². The molecule has 0 atom stereocenters. The second-order valence-electron chi connectivity index (χ2n) is 3.05. The molecule has 1 aliphatic carbocycles. The van der Waals surface area contributed by atoms with Gasteiger partial charge in [-0.25, -0.2) is 0 Å². The van der Waals surface area contributed by atoms with Crippen molar-refractivity contribution in [3.8, 4) is 0 Å². The van der Waals surface area contributed by atoms with Gasteiger partial charge in [-0.15, -0.1) is 0 Å². The predicted octanol–water partition coefficient (Wildman–Crippen LogP) is -0.914. The number of hydrogen-bond acceptors (Lipinski definition) is 1. The molecule has 2 heteroatoms. The number of rotatable bonds is 5. The molecule has 0 heterocycles. The van der Waals surface area contributed by atoms with Gasteiger partial charge in [-0.05, 0) is 0 Å². The molecule has 0 spiro atoms. The minimum absolute atomic E-state index is 0.201. The standard InChI is InChI=1S/C9H17IN/c1-2-3-9(11)10-7-6-8-4-5-8/h3,8H,2,4-7,11H2,1H3/q-1/b9-3+. The van der Waals surface area contributed by atoms with Crippen LogP contribution < -0.4 is 26.9 Å². The molecule has 1 rings (SSSR count). The van der Waals surface area contributed by atoms with E-state index in [-0.39, 0.29) is 21.2 Å². The van der Waals surface area contributed by atoms with Gasteiger partial charge in [0.1, 0.15) is 0 Å². The van der Waals surface area contributed by atoms with E-state index in [0.29, 0.717) is 0 Å². The summed E-state index contributed by atoms with van der Waals surface area (Å²) in [5.74, 6) is 1.09. The van der Waals surface area contributed by atoms with Crippen molar-refractivity contribution in [2.45, 2.75) is 32.6 Å². The maximum atomic E-state index is 5.80. The van der Waals surface area contributed by atoms with E-state index in [2.05, 4.69) is 13.0 Å². The van der Waals surface area contributed by atoms with Crippen molar-refractivity contribution in [3.63, 3.8) is 0 Å². The van der Waals surface area contributed by atoms with Crippen LogP contribution in [0.15, 0.2) is 9.78 Å². The van der Waals surface area contributed by atoms with E-state index in [0.717, 1.165) is 12.3 Å². The third kappa shape index (κ3) is 4.67. The summed E-state index contributed by atoms with van der Waals surface area (Å²) in [5.41, 5.74) is 5.80. The molecule has 0 aromatic carbocycles. The van der Waals surface area contributed by atoms with Crippen LogP contribution in [0.25, 0.3) is 0 Å². The first kappa shape index (κ1) is 9.36. The Morgan fingerprint density at radius 1 is 1.64 bits per heavy atom. The maximum absolute atomic E-state index is 5.80. The Labute approximate surface area is 79.7 Å². The molecule has 0 radical (unpaired) electrons. The Kier molecular flexibility index (Phi) is 4.26. The monoisotopic (exact) mass is 266 g/mol. The van der Waals surface area contributed by atoms with Crippen molar-refractivity contribution < 1.29 is 21.2 Å². The van der Waals surface area contributed by atoms with Crippen molar-refractivity contribution in [1.29, 1.82) is 0 Å². The Morgan fingerprint density at radius 2 is 2.36 bits per heavy atom. The fourth-order valence-corrected chi connectivity index (χ4v) is 3.54. The van der Waals surface area contributed by atoms with Gasteiger partial charge in [0, 0.05) is 0 Å². The van der Waals surface area contributed by atoms with Crippen LogP contribution in [0.2, 0.25) is 0 Å². The number of hydrogen-bond donors (Lipinski definition) is 1. The normalized spacial score (nSPS) is 19.2. The first-order chi connectivity index (χ1) is 5.33. The topological polar surface area (TPSA) is 26.0 Å². The molecule has 1 aliphatic rings. The number of alkyl halides is 1. The van der Waals surface area contributed by atoms with Gasteiger partial charge in [-0.3, -0.25) is 0 Å². The molecule has 1 fully saturated rings. The minimum atomic E-state index is 0.201. The first-order valence-corrected chi connectivity index (χ1v) is 6.98. The van der Waals surface area contributed by atoms with Crippen LogP contribution in [0.5, 0.6) is 0 Å². The van der Waals surface area contributed by atoms with Crippen molar-refractivity contribution in [3.05, 3.63) is 9.78 Å². The van der Waals surface area contributed by atoms with Crippen LogP contribution in [-0.4, -0.2) is 4.43 Å². The van der Waals surface area contributed by atoms with E-state index in [9.17, 15) is 0 Å². The van der Waals surface area contributed by atoms with Gasteiger partial charge in [-0.2, -0.15) is 0 Å². The molecular weight excluding hydrogens is 249 g/mol. The SMILES string of the molecule is CC/C=C(/N)[I-]CCC1CC1. The zero-order valence-corrected chi connectivity index (χ0v) is 9.30. The Hall–Kier alpha value is 0.270. The average Bonchev–Trinajstić information content (AvgIpc) is 2.72. The summed E-state index contributed by atoms with van der Waals surface area (Å²) in [6, 6.07) is 0. The second kappa shape index (κ2) is 5.01. The summed E-state index contributed by atoms with van der Waals surface area (Å²) >= 11 is 0.201. The summed E-state index contributed by atoms with van der Waals surface area (Å²) in [6.07, 6.45) is 7.71. The van der Waals surface area contributed by atoms with Gasteiger partial charge in [-0.1, -0.05) is 0 Å². The fraction of sp³-hybridized carbons (Fsp3) is 0.778. The summed E-state index contributed by atoms with van der Waals surface area (Å²) < 4.78 is 2.61. The quantitative estimate of drug-likeness (QED) is 0.389. The Bertz CT molecular complexity index is 138. The van der Waals surface area contributed by atoms with Crippen LogP contribution >= 0.6 is 0 Å². The summed E-state index contributed by atoms with van der Waals surface area (Å²) in [6.45, 7) is 2.15. The molecule has 0 aromatic heterocycles. The van der Waals surface area contributed by atoms with Gasteiger partial charge < -0.3 is 0 Å². The number of allylic oxidation sites excluding steroid dienone is 1. The first-order valence-electron chi connectivity index (χ1n) is 4.37. The number of halogens is 1. The van der Waals surface area contributed by atoms with Crippen molar-refractivity contribution in [2.24, 2.45) is 11.7 Å². The van der Waals surface area contributed by atoms with E-state index in [1.165, 1.54) is 27.4 Å². The zero-order valence-electron chi connectivity index (χ0n) is 7.15. The molecule has 1 saturated carbocycles. The molecule has 2 N–H and O–H groups in total. The van der Waals surface area contributed by atoms with Gasteiger partial charge in [0.05, 0.1) is 0 Å². The molecule has 0 aromatic rings. The molecule has 11 heavy (non-hydrogen) atoms. The molecule has 66 valence electrons. The van der Waals surface area contributed by atoms with Crippen molar-refractivity contribution in [1.82, 2.24) is 0 Å². The van der Waals surface area contributed by atoms with Crippen LogP contribution in [-0.2, 0) is 0 Å². The Morgan fingerprint density at radius 3 is 2.91 bits per heavy atom. The van der Waals surface area contributed by atoms with E-state index in [1.54, 1.807) is 0 Å².